The highest BCUT2D eigenvalue weighted by Gasteiger charge is 2.18. The van der Waals surface area contributed by atoms with E-state index in [-0.39, 0.29) is 17.5 Å². The first-order valence-electron chi connectivity index (χ1n) is 3.76. The Morgan fingerprint density at radius 2 is 2.00 bits per heavy atom. The van der Waals surface area contributed by atoms with Crippen LogP contribution < -0.4 is 0 Å². The molecule has 1 rings (SSSR count). The Morgan fingerprint density at radius 1 is 1.45 bits per heavy atom. The minimum Gasteiger partial charge on any atom is -0.772 e. The van der Waals surface area contributed by atoms with Crippen molar-refractivity contribution in [1.29, 1.82) is 0 Å². The van der Waals surface area contributed by atoms with Gasteiger partial charge in [-0.1, -0.05) is 11.1 Å². The molecule has 0 aromatic carbocycles. The smallest absolute Gasteiger partial charge is 0.132 e. The van der Waals surface area contributed by atoms with Gasteiger partial charge in [0.15, 0.2) is 0 Å². The molecule has 0 saturated heterocycles. The van der Waals surface area contributed by atoms with Crippen molar-refractivity contribution in [3.05, 3.63) is 0 Å². The first-order chi connectivity index (χ1) is 5.18. The molecule has 0 N–H and O–H groups in total. The number of ketones is 1. The Morgan fingerprint density at radius 3 is 2.45 bits per heavy atom. The van der Waals surface area contributed by atoms with Gasteiger partial charge in [0.1, 0.15) is 5.78 Å². The van der Waals surface area contributed by atoms with E-state index in [0.717, 1.165) is 12.8 Å². The van der Waals surface area contributed by atoms with Crippen LogP contribution in [0.3, 0.4) is 0 Å². The molecule has 3 nitrogen and oxygen atoms in total. The number of carbonyl (C=O) groups excluding carboxylic acids is 1. The van der Waals surface area contributed by atoms with Crippen LogP contribution in [-0.2, 0) is 15.9 Å². The normalized spacial score (nSPS) is 23.5. The lowest BCUT2D eigenvalue weighted by atomic mass is 9.90. The van der Waals surface area contributed by atoms with E-state index in [1.54, 1.807) is 0 Å². The molecule has 1 unspecified atom stereocenters. The van der Waals surface area contributed by atoms with Gasteiger partial charge in [-0.3, -0.25) is 9.00 Å². The topological polar surface area (TPSA) is 57.2 Å². The minimum absolute atomic E-state index is 0.228. The molecule has 0 bridgehead atoms. The Labute approximate surface area is 68.5 Å². The predicted octanol–water partition coefficient (Wildman–Crippen LogP) is 0.625. The molecule has 0 aromatic rings. The van der Waals surface area contributed by atoms with Crippen LogP contribution in [0, 0.1) is 5.92 Å². The molecule has 4 heteroatoms. The zero-order valence-corrected chi connectivity index (χ0v) is 7.06. The molecule has 0 aromatic heterocycles. The maximum atomic E-state index is 10.7. The van der Waals surface area contributed by atoms with Crippen LogP contribution in [0.25, 0.3) is 0 Å². The molecule has 0 spiro atoms. The fourth-order valence-electron chi connectivity index (χ4n) is 1.36. The van der Waals surface area contributed by atoms with Gasteiger partial charge in [-0.2, -0.15) is 0 Å². The van der Waals surface area contributed by atoms with Crippen LogP contribution in [-0.4, -0.2) is 20.3 Å². The molecule has 0 amide bonds. The van der Waals surface area contributed by atoms with Crippen LogP contribution in [0.4, 0.5) is 0 Å². The molecule has 0 aliphatic heterocycles. The molecular formula is C7H11O3S-. The summed E-state index contributed by atoms with van der Waals surface area (Å²) in [5.41, 5.74) is 0. The lowest BCUT2D eigenvalue weighted by Crippen LogP contribution is -2.18. The van der Waals surface area contributed by atoms with Gasteiger partial charge in [0.05, 0.1) is 0 Å². The van der Waals surface area contributed by atoms with Gasteiger partial charge in [-0.15, -0.1) is 0 Å². The summed E-state index contributed by atoms with van der Waals surface area (Å²) in [5, 5.41) is 0. The maximum absolute atomic E-state index is 10.7. The van der Waals surface area contributed by atoms with Crippen molar-refractivity contribution in [2.75, 3.05) is 5.75 Å². The summed E-state index contributed by atoms with van der Waals surface area (Å²) in [6.45, 7) is 0. The third kappa shape index (κ3) is 3.12. The van der Waals surface area contributed by atoms with Gasteiger partial charge in [-0.05, 0) is 18.8 Å². The summed E-state index contributed by atoms with van der Waals surface area (Å²) in [6, 6.07) is 0. The van der Waals surface area contributed by atoms with E-state index >= 15 is 0 Å². The van der Waals surface area contributed by atoms with E-state index < -0.39 is 11.1 Å². The molecule has 1 aliphatic rings. The SMILES string of the molecule is O=C1CCC(CS(=O)[O-])CC1. The van der Waals surface area contributed by atoms with Crippen LogP contribution >= 0.6 is 0 Å². The molecule has 0 radical (unpaired) electrons. The van der Waals surface area contributed by atoms with Crippen molar-refractivity contribution in [2.45, 2.75) is 25.7 Å². The molecule has 1 aliphatic carbocycles. The first kappa shape index (κ1) is 8.87. The van der Waals surface area contributed by atoms with Crippen LogP contribution in [0.5, 0.6) is 0 Å². The highest BCUT2D eigenvalue weighted by atomic mass is 32.2. The highest BCUT2D eigenvalue weighted by molar-refractivity contribution is 7.79. The Bertz CT molecular complexity index is 169. The molecule has 64 valence electrons. The van der Waals surface area contributed by atoms with E-state index in [4.69, 9.17) is 0 Å². The van der Waals surface area contributed by atoms with E-state index in [1.165, 1.54) is 0 Å². The third-order valence-corrected chi connectivity index (χ3v) is 2.78. The van der Waals surface area contributed by atoms with Crippen LogP contribution in [0.1, 0.15) is 25.7 Å². The summed E-state index contributed by atoms with van der Waals surface area (Å²) >= 11 is -1.94. The number of carbonyl (C=O) groups is 1. The molecule has 1 fully saturated rings. The van der Waals surface area contributed by atoms with Gasteiger partial charge >= 0.3 is 0 Å². The average molecular weight is 175 g/mol. The van der Waals surface area contributed by atoms with Crippen molar-refractivity contribution in [1.82, 2.24) is 0 Å². The minimum atomic E-state index is -1.94. The predicted molar refractivity (Wildman–Crippen MR) is 40.8 cm³/mol. The number of rotatable bonds is 2. The lowest BCUT2D eigenvalue weighted by molar-refractivity contribution is -0.120. The Hall–Kier alpha value is -0.220. The van der Waals surface area contributed by atoms with E-state index in [9.17, 15) is 13.6 Å². The maximum Gasteiger partial charge on any atom is 0.132 e. The second kappa shape index (κ2) is 3.97. The summed E-state index contributed by atoms with van der Waals surface area (Å²) in [4.78, 5) is 10.7. The van der Waals surface area contributed by atoms with Crippen molar-refractivity contribution in [3.63, 3.8) is 0 Å². The van der Waals surface area contributed by atoms with Gasteiger partial charge < -0.3 is 4.55 Å². The molecule has 11 heavy (non-hydrogen) atoms. The van der Waals surface area contributed by atoms with Crippen LogP contribution in [0.15, 0.2) is 0 Å². The van der Waals surface area contributed by atoms with Gasteiger partial charge in [-0.25, -0.2) is 0 Å². The summed E-state index contributed by atoms with van der Waals surface area (Å²) in [6.07, 6.45) is 2.66. The zero-order chi connectivity index (χ0) is 8.27. The van der Waals surface area contributed by atoms with E-state index in [2.05, 4.69) is 0 Å². The first-order valence-corrected chi connectivity index (χ1v) is 5.00. The Balaban J connectivity index is 2.28. The highest BCUT2D eigenvalue weighted by Crippen LogP contribution is 2.21. The van der Waals surface area contributed by atoms with Gasteiger partial charge in [0.25, 0.3) is 0 Å². The molecule has 1 saturated carbocycles. The second-order valence-corrected chi connectivity index (χ2v) is 3.89. The standard InChI is InChI=1S/C7H12O3S/c8-7-3-1-6(2-4-7)5-11(9)10/h6H,1-5H2,(H,9,10)/p-1. The monoisotopic (exact) mass is 175 g/mol. The van der Waals surface area contributed by atoms with Crippen LogP contribution in [0.2, 0.25) is 0 Å². The van der Waals surface area contributed by atoms with E-state index in [0.29, 0.717) is 12.8 Å². The summed E-state index contributed by atoms with van der Waals surface area (Å²) in [5.74, 6) is 0.733. The number of hydrogen-bond acceptors (Lipinski definition) is 3. The zero-order valence-electron chi connectivity index (χ0n) is 6.25. The molecule has 0 heterocycles. The fourth-order valence-corrected chi connectivity index (χ4v) is 2.08. The quantitative estimate of drug-likeness (QED) is 0.578. The van der Waals surface area contributed by atoms with Gasteiger partial charge in [0, 0.05) is 18.6 Å². The molecular weight excluding hydrogens is 164 g/mol. The van der Waals surface area contributed by atoms with Crippen molar-refractivity contribution in [3.8, 4) is 0 Å². The lowest BCUT2D eigenvalue weighted by Gasteiger charge is -2.21. The van der Waals surface area contributed by atoms with E-state index in [1.807, 2.05) is 0 Å². The van der Waals surface area contributed by atoms with Crippen molar-refractivity contribution < 1.29 is 13.6 Å². The van der Waals surface area contributed by atoms with Crippen molar-refractivity contribution >= 4 is 16.9 Å². The second-order valence-electron chi connectivity index (χ2n) is 2.95. The van der Waals surface area contributed by atoms with Crippen molar-refractivity contribution in [2.24, 2.45) is 5.92 Å². The fraction of sp³-hybridized carbons (Fsp3) is 0.857. The Kier molecular flexibility index (Phi) is 3.20. The average Bonchev–Trinajstić information content (AvgIpc) is 1.93. The number of hydrogen-bond donors (Lipinski definition) is 0. The molecule has 1 atom stereocenters. The third-order valence-electron chi connectivity index (χ3n) is 2.03. The largest absolute Gasteiger partial charge is 0.772 e. The summed E-state index contributed by atoms with van der Waals surface area (Å²) in [7, 11) is 0. The summed E-state index contributed by atoms with van der Waals surface area (Å²) < 4.78 is 20.5. The number of Topliss-reactive ketones (excluding diaryl/α,β-unsaturated/α-hetero) is 1. The van der Waals surface area contributed by atoms with Gasteiger partial charge in [0.2, 0.25) is 0 Å².